The zero-order valence-electron chi connectivity index (χ0n) is 28.6. The van der Waals surface area contributed by atoms with Crippen molar-refractivity contribution < 1.29 is 19.1 Å². The van der Waals surface area contributed by atoms with E-state index in [-0.39, 0.29) is 24.1 Å². The van der Waals surface area contributed by atoms with E-state index in [0.29, 0.717) is 24.0 Å². The Kier molecular flexibility index (Phi) is 18.5. The SMILES string of the molecule is CCCCCCCCCC(Cc1ccccc1)OC(=O)c1ccc(C(=O)OC(CCCCCCCCC)Cc2ccccc2)cc1. The molecule has 2 atom stereocenters. The molecule has 2 unspecified atom stereocenters. The van der Waals surface area contributed by atoms with E-state index < -0.39 is 0 Å². The number of carbonyl (C=O) groups excluding carboxylic acids is 2. The van der Waals surface area contributed by atoms with Crippen molar-refractivity contribution in [3.05, 3.63) is 107 Å². The minimum Gasteiger partial charge on any atom is -0.458 e. The highest BCUT2D eigenvalue weighted by Crippen LogP contribution is 2.20. The normalized spacial score (nSPS) is 12.4. The fraction of sp³-hybridized carbons (Fsp3) is 0.524. The molecule has 0 amide bonds. The largest absolute Gasteiger partial charge is 0.458 e. The minimum absolute atomic E-state index is 0.180. The van der Waals surface area contributed by atoms with Gasteiger partial charge in [0.25, 0.3) is 0 Å². The molecular formula is C42H58O4. The number of rotatable bonds is 24. The second kappa shape index (κ2) is 23.0. The van der Waals surface area contributed by atoms with Gasteiger partial charge in [0.1, 0.15) is 12.2 Å². The molecule has 4 heteroatoms. The van der Waals surface area contributed by atoms with Crippen LogP contribution in [0.15, 0.2) is 84.9 Å². The quantitative estimate of drug-likeness (QED) is 0.0733. The summed E-state index contributed by atoms with van der Waals surface area (Å²) < 4.78 is 12.1. The van der Waals surface area contributed by atoms with Crippen LogP contribution in [0.2, 0.25) is 0 Å². The number of esters is 2. The lowest BCUT2D eigenvalue weighted by Gasteiger charge is -2.19. The molecule has 0 bridgehead atoms. The van der Waals surface area contributed by atoms with Gasteiger partial charge in [-0.05, 0) is 61.1 Å². The molecule has 3 aromatic carbocycles. The first-order valence-corrected chi connectivity index (χ1v) is 18.2. The second-order valence-electron chi connectivity index (χ2n) is 12.8. The van der Waals surface area contributed by atoms with Gasteiger partial charge >= 0.3 is 11.9 Å². The molecule has 0 fully saturated rings. The molecule has 0 aromatic heterocycles. The van der Waals surface area contributed by atoms with E-state index in [1.807, 2.05) is 36.4 Å². The molecule has 0 aliphatic carbocycles. The van der Waals surface area contributed by atoms with Gasteiger partial charge in [0.05, 0.1) is 11.1 Å². The van der Waals surface area contributed by atoms with Crippen LogP contribution in [0, 0.1) is 0 Å². The molecule has 0 saturated heterocycles. The van der Waals surface area contributed by atoms with E-state index in [4.69, 9.17) is 9.47 Å². The summed E-state index contributed by atoms with van der Waals surface area (Å²) in [4.78, 5) is 26.4. The maximum absolute atomic E-state index is 13.2. The Morgan fingerprint density at radius 1 is 0.457 bits per heavy atom. The average Bonchev–Trinajstić information content (AvgIpc) is 3.08. The Labute approximate surface area is 279 Å². The summed E-state index contributed by atoms with van der Waals surface area (Å²) in [6.45, 7) is 4.48. The van der Waals surface area contributed by atoms with Crippen molar-refractivity contribution in [2.45, 2.75) is 142 Å². The molecule has 3 aromatic rings. The monoisotopic (exact) mass is 626 g/mol. The van der Waals surface area contributed by atoms with Crippen LogP contribution in [0.25, 0.3) is 0 Å². The summed E-state index contributed by atoms with van der Waals surface area (Å²) in [7, 11) is 0. The number of carbonyl (C=O) groups is 2. The predicted molar refractivity (Wildman–Crippen MR) is 190 cm³/mol. The lowest BCUT2D eigenvalue weighted by atomic mass is 10.0. The molecular weight excluding hydrogens is 568 g/mol. The molecule has 0 saturated carbocycles. The highest BCUT2D eigenvalue weighted by atomic mass is 16.5. The summed E-state index contributed by atoms with van der Waals surface area (Å²) >= 11 is 0. The van der Waals surface area contributed by atoms with Gasteiger partial charge < -0.3 is 9.47 Å². The smallest absolute Gasteiger partial charge is 0.338 e. The molecule has 0 aliphatic heterocycles. The molecule has 46 heavy (non-hydrogen) atoms. The number of benzene rings is 3. The van der Waals surface area contributed by atoms with Crippen molar-refractivity contribution in [3.8, 4) is 0 Å². The fourth-order valence-corrected chi connectivity index (χ4v) is 6.00. The third-order valence-electron chi connectivity index (χ3n) is 8.78. The van der Waals surface area contributed by atoms with Crippen molar-refractivity contribution in [2.24, 2.45) is 0 Å². The summed E-state index contributed by atoms with van der Waals surface area (Å²) in [5.41, 5.74) is 3.25. The van der Waals surface area contributed by atoms with Gasteiger partial charge in [-0.1, -0.05) is 152 Å². The van der Waals surface area contributed by atoms with Crippen molar-refractivity contribution in [1.82, 2.24) is 0 Å². The molecule has 0 heterocycles. The zero-order chi connectivity index (χ0) is 32.7. The Bertz CT molecular complexity index is 1110. The van der Waals surface area contributed by atoms with Gasteiger partial charge in [-0.25, -0.2) is 9.59 Å². The predicted octanol–water partition coefficient (Wildman–Crippen LogP) is 11.5. The molecule has 0 N–H and O–H groups in total. The number of unbranched alkanes of at least 4 members (excludes halogenated alkanes) is 12. The molecule has 0 aliphatic rings. The van der Waals surface area contributed by atoms with Gasteiger partial charge in [0, 0.05) is 12.8 Å². The lowest BCUT2D eigenvalue weighted by molar-refractivity contribution is 0.0262. The maximum atomic E-state index is 13.2. The number of hydrogen-bond donors (Lipinski definition) is 0. The summed E-state index contributed by atoms with van der Waals surface area (Å²) in [6.07, 6.45) is 19.9. The van der Waals surface area contributed by atoms with E-state index in [0.717, 1.165) is 38.5 Å². The van der Waals surface area contributed by atoms with E-state index in [2.05, 4.69) is 38.1 Å². The van der Waals surface area contributed by atoms with Crippen molar-refractivity contribution in [3.63, 3.8) is 0 Å². The topological polar surface area (TPSA) is 52.6 Å². The third kappa shape index (κ3) is 15.3. The maximum Gasteiger partial charge on any atom is 0.338 e. The molecule has 0 spiro atoms. The minimum atomic E-state index is -0.343. The van der Waals surface area contributed by atoms with Crippen LogP contribution in [0.4, 0.5) is 0 Å². The van der Waals surface area contributed by atoms with Crippen LogP contribution >= 0.6 is 0 Å². The Morgan fingerprint density at radius 2 is 0.783 bits per heavy atom. The van der Waals surface area contributed by atoms with E-state index >= 15 is 0 Å². The molecule has 3 rings (SSSR count). The van der Waals surface area contributed by atoms with E-state index in [1.54, 1.807) is 24.3 Å². The second-order valence-corrected chi connectivity index (χ2v) is 12.8. The van der Waals surface area contributed by atoms with Crippen LogP contribution in [0.1, 0.15) is 148 Å². The Balaban J connectivity index is 1.55. The summed E-state index contributed by atoms with van der Waals surface area (Å²) in [5.74, 6) is -0.686. The van der Waals surface area contributed by atoms with Crippen LogP contribution in [-0.4, -0.2) is 24.1 Å². The summed E-state index contributed by atoms with van der Waals surface area (Å²) in [6, 6.07) is 27.2. The first-order valence-electron chi connectivity index (χ1n) is 18.2. The number of hydrogen-bond acceptors (Lipinski definition) is 4. The van der Waals surface area contributed by atoms with Gasteiger partial charge in [0.2, 0.25) is 0 Å². The standard InChI is InChI=1S/C42H58O4/c1-3-5-7-9-11-13-21-27-39(33-35-23-17-15-18-24-35)45-41(43)37-29-31-38(32-30-37)42(44)46-40(34-36-25-19-16-20-26-36)28-22-14-12-10-8-6-4-2/h15-20,23-26,29-32,39-40H,3-14,21-22,27-28,33-34H2,1-2H3. The number of ether oxygens (including phenoxy) is 2. The Morgan fingerprint density at radius 3 is 1.13 bits per heavy atom. The van der Waals surface area contributed by atoms with Gasteiger partial charge in [-0.15, -0.1) is 0 Å². The first kappa shape index (κ1) is 37.1. The van der Waals surface area contributed by atoms with Crippen LogP contribution in [0.3, 0.4) is 0 Å². The first-order chi connectivity index (χ1) is 22.6. The summed E-state index contributed by atoms with van der Waals surface area (Å²) in [5, 5.41) is 0. The highest BCUT2D eigenvalue weighted by molar-refractivity contribution is 5.93. The average molecular weight is 627 g/mol. The Hall–Kier alpha value is -3.40. The van der Waals surface area contributed by atoms with Crippen LogP contribution in [-0.2, 0) is 22.3 Å². The zero-order valence-corrected chi connectivity index (χ0v) is 28.6. The van der Waals surface area contributed by atoms with Gasteiger partial charge in [-0.2, -0.15) is 0 Å². The van der Waals surface area contributed by atoms with Crippen molar-refractivity contribution in [2.75, 3.05) is 0 Å². The van der Waals surface area contributed by atoms with Crippen molar-refractivity contribution in [1.29, 1.82) is 0 Å². The third-order valence-corrected chi connectivity index (χ3v) is 8.78. The van der Waals surface area contributed by atoms with E-state index in [9.17, 15) is 9.59 Å². The van der Waals surface area contributed by atoms with Crippen LogP contribution < -0.4 is 0 Å². The van der Waals surface area contributed by atoms with Crippen molar-refractivity contribution >= 4 is 11.9 Å². The lowest BCUT2D eigenvalue weighted by Crippen LogP contribution is -2.22. The fourth-order valence-electron chi connectivity index (χ4n) is 6.00. The molecule has 0 radical (unpaired) electrons. The highest BCUT2D eigenvalue weighted by Gasteiger charge is 2.20. The van der Waals surface area contributed by atoms with Gasteiger partial charge in [0.15, 0.2) is 0 Å². The molecule has 250 valence electrons. The van der Waals surface area contributed by atoms with E-state index in [1.165, 1.54) is 75.3 Å². The van der Waals surface area contributed by atoms with Crippen LogP contribution in [0.5, 0.6) is 0 Å². The molecule has 4 nitrogen and oxygen atoms in total. The van der Waals surface area contributed by atoms with Gasteiger partial charge in [-0.3, -0.25) is 0 Å².